The number of amides is 1. The number of carbonyl (C=O) groups is 2. The Morgan fingerprint density at radius 2 is 1.69 bits per heavy atom. The number of anilines is 1. The van der Waals surface area contributed by atoms with Crippen LogP contribution in [0.4, 0.5) is 5.69 Å². The van der Waals surface area contributed by atoms with Crippen LogP contribution in [0, 0.1) is 23.2 Å². The van der Waals surface area contributed by atoms with Crippen LogP contribution in [0.3, 0.4) is 0 Å². The number of esters is 1. The normalized spacial score (nSPS) is 31.7. The summed E-state index contributed by atoms with van der Waals surface area (Å²) in [4.78, 5) is 24.5. The van der Waals surface area contributed by atoms with Crippen LogP contribution in [0.15, 0.2) is 27.1 Å². The van der Waals surface area contributed by atoms with Crippen molar-refractivity contribution in [2.45, 2.75) is 44.9 Å². The molecule has 4 fully saturated rings. The van der Waals surface area contributed by atoms with Crippen molar-refractivity contribution in [3.63, 3.8) is 0 Å². The molecule has 1 aromatic rings. The van der Waals surface area contributed by atoms with E-state index < -0.39 is 0 Å². The molecule has 4 aliphatic rings. The molecule has 4 aliphatic carbocycles. The van der Waals surface area contributed by atoms with Crippen LogP contribution in [0.2, 0.25) is 0 Å². The van der Waals surface area contributed by atoms with Crippen molar-refractivity contribution < 1.29 is 14.3 Å². The number of ether oxygens (including phenoxy) is 1. The first-order valence-corrected chi connectivity index (χ1v) is 10.9. The van der Waals surface area contributed by atoms with E-state index in [0.29, 0.717) is 12.1 Å². The third kappa shape index (κ3) is 4.01. The van der Waals surface area contributed by atoms with Crippen molar-refractivity contribution >= 4 is 49.4 Å². The molecule has 1 aromatic carbocycles. The maximum absolute atomic E-state index is 12.4. The van der Waals surface area contributed by atoms with E-state index in [2.05, 4.69) is 37.2 Å². The Morgan fingerprint density at radius 1 is 1.08 bits per heavy atom. The van der Waals surface area contributed by atoms with Crippen molar-refractivity contribution in [2.24, 2.45) is 23.2 Å². The van der Waals surface area contributed by atoms with Gasteiger partial charge in [-0.2, -0.15) is 0 Å². The third-order valence-electron chi connectivity index (χ3n) is 6.25. The van der Waals surface area contributed by atoms with Gasteiger partial charge in [0.25, 0.3) is 5.91 Å². The summed E-state index contributed by atoms with van der Waals surface area (Å²) in [6.45, 7) is -0.228. The Bertz CT molecular complexity index is 698. The third-order valence-corrected chi connectivity index (χ3v) is 7.40. The van der Waals surface area contributed by atoms with Crippen molar-refractivity contribution in [3.8, 4) is 0 Å². The summed E-state index contributed by atoms with van der Waals surface area (Å²) in [5, 5.41) is 2.77. The van der Waals surface area contributed by atoms with Gasteiger partial charge in [-0.05, 0) is 95.8 Å². The van der Waals surface area contributed by atoms with E-state index in [9.17, 15) is 9.59 Å². The quantitative estimate of drug-likeness (QED) is 0.577. The van der Waals surface area contributed by atoms with E-state index in [0.717, 1.165) is 26.7 Å². The molecule has 5 rings (SSSR count). The molecule has 0 radical (unpaired) electrons. The monoisotopic (exact) mass is 483 g/mol. The maximum atomic E-state index is 12.4. The lowest BCUT2D eigenvalue weighted by Gasteiger charge is -2.56. The summed E-state index contributed by atoms with van der Waals surface area (Å²) in [7, 11) is 0. The molecule has 0 heterocycles. The first-order chi connectivity index (χ1) is 12.4. The second-order valence-electron chi connectivity index (χ2n) is 8.43. The van der Waals surface area contributed by atoms with E-state index in [-0.39, 0.29) is 23.9 Å². The van der Waals surface area contributed by atoms with Crippen LogP contribution in [-0.2, 0) is 14.3 Å². The average Bonchev–Trinajstić information content (AvgIpc) is 2.54. The predicted octanol–water partition coefficient (Wildman–Crippen LogP) is 5.30. The summed E-state index contributed by atoms with van der Waals surface area (Å²) >= 11 is 6.78. The van der Waals surface area contributed by atoms with Gasteiger partial charge >= 0.3 is 5.97 Å². The number of halogens is 2. The summed E-state index contributed by atoms with van der Waals surface area (Å²) in [5.74, 6) is 1.90. The van der Waals surface area contributed by atoms with Crippen LogP contribution in [-0.4, -0.2) is 18.5 Å². The molecule has 26 heavy (non-hydrogen) atoms. The van der Waals surface area contributed by atoms with Crippen molar-refractivity contribution in [2.75, 3.05) is 11.9 Å². The number of nitrogens with one attached hydrogen (secondary N) is 1. The molecule has 4 nitrogen and oxygen atoms in total. The highest BCUT2D eigenvalue weighted by atomic mass is 79.9. The SMILES string of the molecule is O=C(COC(=O)CC12CC3CC(CC(C3)C1)C2)Nc1ccc(Br)cc1Br. The highest BCUT2D eigenvalue weighted by molar-refractivity contribution is 9.11. The molecule has 1 N–H and O–H groups in total. The van der Waals surface area contributed by atoms with Crippen molar-refractivity contribution in [1.82, 2.24) is 0 Å². The minimum Gasteiger partial charge on any atom is -0.456 e. The molecule has 0 saturated heterocycles. The van der Waals surface area contributed by atoms with Gasteiger partial charge in [-0.25, -0.2) is 0 Å². The van der Waals surface area contributed by atoms with Crippen LogP contribution < -0.4 is 5.32 Å². The Labute approximate surface area is 170 Å². The van der Waals surface area contributed by atoms with E-state index >= 15 is 0 Å². The largest absolute Gasteiger partial charge is 0.456 e. The summed E-state index contributed by atoms with van der Waals surface area (Å²) < 4.78 is 7.00. The summed E-state index contributed by atoms with van der Waals surface area (Å²) in [6, 6.07) is 5.50. The molecular formula is C20H23Br2NO3. The van der Waals surface area contributed by atoms with Gasteiger partial charge < -0.3 is 10.1 Å². The molecule has 4 bridgehead atoms. The highest BCUT2D eigenvalue weighted by Gasteiger charge is 2.51. The fourth-order valence-corrected chi connectivity index (χ4v) is 6.93. The number of hydrogen-bond acceptors (Lipinski definition) is 3. The van der Waals surface area contributed by atoms with Gasteiger partial charge in [-0.15, -0.1) is 0 Å². The molecule has 0 unspecified atom stereocenters. The Kier molecular flexibility index (Phi) is 5.17. The zero-order chi connectivity index (χ0) is 18.3. The lowest BCUT2D eigenvalue weighted by atomic mass is 9.49. The molecule has 0 spiro atoms. The molecule has 0 atom stereocenters. The predicted molar refractivity (Wildman–Crippen MR) is 107 cm³/mol. The van der Waals surface area contributed by atoms with Crippen molar-refractivity contribution in [1.29, 1.82) is 0 Å². The molecular weight excluding hydrogens is 462 g/mol. The van der Waals surface area contributed by atoms with Gasteiger partial charge in [-0.3, -0.25) is 9.59 Å². The lowest BCUT2D eigenvalue weighted by Crippen LogP contribution is -2.47. The Balaban J connectivity index is 1.28. The zero-order valence-electron chi connectivity index (χ0n) is 14.6. The second kappa shape index (κ2) is 7.27. The van der Waals surface area contributed by atoms with E-state index in [1.807, 2.05) is 12.1 Å². The van der Waals surface area contributed by atoms with Gasteiger partial charge in [-0.1, -0.05) is 15.9 Å². The summed E-state index contributed by atoms with van der Waals surface area (Å²) in [5.41, 5.74) is 0.812. The molecule has 0 aliphatic heterocycles. The minimum absolute atomic E-state index is 0.150. The second-order valence-corrected chi connectivity index (χ2v) is 10.2. The molecule has 4 saturated carbocycles. The minimum atomic E-state index is -0.313. The number of carbonyl (C=O) groups excluding carboxylic acids is 2. The number of benzene rings is 1. The zero-order valence-corrected chi connectivity index (χ0v) is 17.8. The molecule has 0 aromatic heterocycles. The topological polar surface area (TPSA) is 55.4 Å². The molecule has 6 heteroatoms. The first kappa shape index (κ1) is 18.5. The Morgan fingerprint density at radius 3 is 2.27 bits per heavy atom. The lowest BCUT2D eigenvalue weighted by molar-refractivity contribution is -0.154. The van der Waals surface area contributed by atoms with Gasteiger partial charge in [0.2, 0.25) is 0 Å². The first-order valence-electron chi connectivity index (χ1n) is 9.31. The smallest absolute Gasteiger partial charge is 0.306 e. The van der Waals surface area contributed by atoms with Gasteiger partial charge in [0, 0.05) is 8.95 Å². The van der Waals surface area contributed by atoms with E-state index in [4.69, 9.17) is 4.74 Å². The fraction of sp³-hybridized carbons (Fsp3) is 0.600. The standard InChI is InChI=1S/C20H23Br2NO3/c21-15-1-2-17(16(22)6-15)23-18(24)11-26-19(25)10-20-7-12-3-13(8-20)5-14(4-12)9-20/h1-2,6,12-14H,3-5,7-11H2,(H,23,24). The number of rotatable bonds is 5. The average molecular weight is 485 g/mol. The molecule has 1 amide bonds. The van der Waals surface area contributed by atoms with Crippen LogP contribution in [0.1, 0.15) is 44.9 Å². The van der Waals surface area contributed by atoms with Crippen LogP contribution in [0.25, 0.3) is 0 Å². The van der Waals surface area contributed by atoms with Crippen molar-refractivity contribution in [3.05, 3.63) is 27.1 Å². The van der Waals surface area contributed by atoms with E-state index in [1.54, 1.807) is 6.07 Å². The van der Waals surface area contributed by atoms with Crippen LogP contribution >= 0.6 is 31.9 Å². The van der Waals surface area contributed by atoms with Gasteiger partial charge in [0.15, 0.2) is 6.61 Å². The summed E-state index contributed by atoms with van der Waals surface area (Å²) in [6.07, 6.45) is 8.08. The highest BCUT2D eigenvalue weighted by Crippen LogP contribution is 2.61. The van der Waals surface area contributed by atoms with Gasteiger partial charge in [0.05, 0.1) is 12.1 Å². The van der Waals surface area contributed by atoms with Crippen LogP contribution in [0.5, 0.6) is 0 Å². The van der Waals surface area contributed by atoms with E-state index in [1.165, 1.54) is 38.5 Å². The fourth-order valence-electron chi connectivity index (χ4n) is 5.79. The van der Waals surface area contributed by atoms with Gasteiger partial charge in [0.1, 0.15) is 0 Å². The Hall–Kier alpha value is -0.880. The number of hydrogen-bond donors (Lipinski definition) is 1. The molecule has 140 valence electrons. The maximum Gasteiger partial charge on any atom is 0.306 e.